The Bertz CT molecular complexity index is 436. The molecule has 2 aliphatic rings. The standard InChI is InChI=1S/C15H26N4O3/c1-4-11-9-18(10-12(11)17(2)3)13(20)6-5-7-19-14(21)8-16-15(19)22/h11-12H,4-10H2,1-3H3,(H,16,22)/t11-,12+/m1/s1. The summed E-state index contributed by atoms with van der Waals surface area (Å²) < 4.78 is 0. The van der Waals surface area contributed by atoms with Crippen LogP contribution in [0.3, 0.4) is 0 Å². The second-order valence-corrected chi connectivity index (χ2v) is 6.31. The van der Waals surface area contributed by atoms with Gasteiger partial charge in [0.05, 0.1) is 6.54 Å². The van der Waals surface area contributed by atoms with Gasteiger partial charge in [-0.05, 0) is 26.4 Å². The highest BCUT2D eigenvalue weighted by molar-refractivity contribution is 6.01. The second kappa shape index (κ2) is 7.09. The molecule has 0 spiro atoms. The predicted octanol–water partition coefficient (Wildman–Crippen LogP) is 0.117. The maximum atomic E-state index is 12.3. The molecule has 0 aromatic heterocycles. The van der Waals surface area contributed by atoms with E-state index in [1.807, 2.05) is 4.90 Å². The van der Waals surface area contributed by atoms with Crippen molar-refractivity contribution in [2.24, 2.45) is 5.92 Å². The van der Waals surface area contributed by atoms with E-state index in [1.165, 1.54) is 4.90 Å². The van der Waals surface area contributed by atoms with Crippen molar-refractivity contribution in [3.8, 4) is 0 Å². The summed E-state index contributed by atoms with van der Waals surface area (Å²) in [6, 6.07) is 0.0669. The number of imide groups is 1. The van der Waals surface area contributed by atoms with E-state index in [0.29, 0.717) is 31.3 Å². The van der Waals surface area contributed by atoms with Crippen LogP contribution in [0, 0.1) is 5.92 Å². The van der Waals surface area contributed by atoms with Gasteiger partial charge in [0.25, 0.3) is 0 Å². The van der Waals surface area contributed by atoms with Crippen LogP contribution >= 0.6 is 0 Å². The van der Waals surface area contributed by atoms with E-state index in [9.17, 15) is 14.4 Å². The van der Waals surface area contributed by atoms with E-state index in [1.54, 1.807) is 0 Å². The van der Waals surface area contributed by atoms with Gasteiger partial charge in [-0.25, -0.2) is 4.79 Å². The third-order valence-corrected chi connectivity index (χ3v) is 4.66. The Kier molecular flexibility index (Phi) is 5.39. The number of carbonyl (C=O) groups is 3. The molecule has 2 saturated heterocycles. The summed E-state index contributed by atoms with van der Waals surface area (Å²) in [7, 11) is 4.11. The van der Waals surface area contributed by atoms with Crippen LogP contribution in [0.4, 0.5) is 4.79 Å². The fourth-order valence-electron chi connectivity index (χ4n) is 3.27. The number of likely N-dealkylation sites (N-methyl/N-ethyl adjacent to an activating group) is 1. The van der Waals surface area contributed by atoms with Crippen molar-refractivity contribution in [2.45, 2.75) is 32.2 Å². The van der Waals surface area contributed by atoms with Crippen LogP contribution in [0.25, 0.3) is 0 Å². The minimum atomic E-state index is -0.350. The number of hydrogen-bond acceptors (Lipinski definition) is 4. The minimum absolute atomic E-state index is 0.0710. The Balaban J connectivity index is 1.78. The van der Waals surface area contributed by atoms with Crippen molar-refractivity contribution in [1.29, 1.82) is 0 Å². The van der Waals surface area contributed by atoms with E-state index in [0.717, 1.165) is 19.5 Å². The molecule has 2 fully saturated rings. The summed E-state index contributed by atoms with van der Waals surface area (Å²) in [6.07, 6.45) is 1.97. The fourth-order valence-corrected chi connectivity index (χ4v) is 3.27. The van der Waals surface area contributed by atoms with Gasteiger partial charge in [-0.15, -0.1) is 0 Å². The Hall–Kier alpha value is -1.63. The molecule has 124 valence electrons. The first kappa shape index (κ1) is 16.7. The first-order valence-electron chi connectivity index (χ1n) is 7.96. The zero-order chi connectivity index (χ0) is 16.3. The molecule has 22 heavy (non-hydrogen) atoms. The molecular formula is C15H26N4O3. The first-order valence-corrected chi connectivity index (χ1v) is 7.96. The van der Waals surface area contributed by atoms with Gasteiger partial charge in [0.2, 0.25) is 11.8 Å². The zero-order valence-corrected chi connectivity index (χ0v) is 13.7. The summed E-state index contributed by atoms with van der Waals surface area (Å²) in [5, 5.41) is 2.48. The van der Waals surface area contributed by atoms with Crippen molar-refractivity contribution in [3.05, 3.63) is 0 Å². The lowest BCUT2D eigenvalue weighted by Crippen LogP contribution is -2.36. The number of rotatable bonds is 6. The Morgan fingerprint density at radius 1 is 1.32 bits per heavy atom. The maximum Gasteiger partial charge on any atom is 0.324 e. The monoisotopic (exact) mass is 310 g/mol. The highest BCUT2D eigenvalue weighted by Crippen LogP contribution is 2.24. The lowest BCUT2D eigenvalue weighted by Gasteiger charge is -2.23. The minimum Gasteiger partial charge on any atom is -0.341 e. The summed E-state index contributed by atoms with van der Waals surface area (Å²) >= 11 is 0. The third-order valence-electron chi connectivity index (χ3n) is 4.66. The number of nitrogens with one attached hydrogen (secondary N) is 1. The average molecular weight is 310 g/mol. The number of hydrogen-bond donors (Lipinski definition) is 1. The summed E-state index contributed by atoms with van der Waals surface area (Å²) in [4.78, 5) is 40.5. The maximum absolute atomic E-state index is 12.3. The van der Waals surface area contributed by atoms with Gasteiger partial charge in [-0.1, -0.05) is 13.3 Å². The SMILES string of the molecule is CC[C@@H]1CN(C(=O)CCCN2C(=O)CNC2=O)C[C@@H]1N(C)C. The van der Waals surface area contributed by atoms with Crippen molar-refractivity contribution in [3.63, 3.8) is 0 Å². The third kappa shape index (κ3) is 3.58. The Morgan fingerprint density at radius 3 is 2.55 bits per heavy atom. The summed E-state index contributed by atoms with van der Waals surface area (Å²) in [6.45, 7) is 4.13. The van der Waals surface area contributed by atoms with Crippen LogP contribution in [-0.2, 0) is 9.59 Å². The zero-order valence-electron chi connectivity index (χ0n) is 13.7. The van der Waals surface area contributed by atoms with Crippen molar-refractivity contribution in [1.82, 2.24) is 20.0 Å². The van der Waals surface area contributed by atoms with Crippen LogP contribution in [0.5, 0.6) is 0 Å². The lowest BCUT2D eigenvalue weighted by atomic mass is 10.0. The van der Waals surface area contributed by atoms with Gasteiger partial charge in [0.1, 0.15) is 0 Å². The molecule has 4 amide bonds. The first-order chi connectivity index (χ1) is 10.4. The highest BCUT2D eigenvalue weighted by Gasteiger charge is 2.35. The number of carbonyl (C=O) groups excluding carboxylic acids is 3. The Labute approximate surface area is 131 Å². The van der Waals surface area contributed by atoms with Crippen molar-refractivity contribution in [2.75, 3.05) is 40.3 Å². The van der Waals surface area contributed by atoms with Gasteiger partial charge in [0, 0.05) is 32.1 Å². The molecule has 2 rings (SSSR count). The van der Waals surface area contributed by atoms with Crippen LogP contribution in [0.15, 0.2) is 0 Å². The summed E-state index contributed by atoms with van der Waals surface area (Å²) in [5.41, 5.74) is 0. The average Bonchev–Trinajstić information content (AvgIpc) is 3.05. The van der Waals surface area contributed by atoms with Crippen molar-refractivity contribution < 1.29 is 14.4 Å². The number of urea groups is 1. The molecule has 0 radical (unpaired) electrons. The number of likely N-dealkylation sites (tertiary alicyclic amines) is 1. The van der Waals surface area contributed by atoms with Gasteiger partial charge < -0.3 is 15.1 Å². The molecular weight excluding hydrogens is 284 g/mol. The number of nitrogens with zero attached hydrogens (tertiary/aromatic N) is 3. The number of amides is 4. The molecule has 2 atom stereocenters. The molecule has 2 heterocycles. The molecule has 0 bridgehead atoms. The molecule has 0 aromatic rings. The van der Waals surface area contributed by atoms with E-state index >= 15 is 0 Å². The Morgan fingerprint density at radius 2 is 2.05 bits per heavy atom. The normalized spacial score (nSPS) is 25.3. The molecule has 0 unspecified atom stereocenters. The smallest absolute Gasteiger partial charge is 0.324 e. The molecule has 0 saturated carbocycles. The second-order valence-electron chi connectivity index (χ2n) is 6.31. The predicted molar refractivity (Wildman–Crippen MR) is 82.2 cm³/mol. The molecule has 7 heteroatoms. The van der Waals surface area contributed by atoms with Crippen LogP contribution in [-0.4, -0.2) is 78.9 Å². The molecule has 1 N–H and O–H groups in total. The summed E-state index contributed by atoms with van der Waals surface area (Å²) in [5.74, 6) is 0.428. The van der Waals surface area contributed by atoms with Crippen LogP contribution in [0.2, 0.25) is 0 Å². The van der Waals surface area contributed by atoms with Gasteiger partial charge in [-0.3, -0.25) is 14.5 Å². The van der Waals surface area contributed by atoms with Crippen LogP contribution in [0.1, 0.15) is 26.2 Å². The van der Waals surface area contributed by atoms with Crippen molar-refractivity contribution >= 4 is 17.8 Å². The van der Waals surface area contributed by atoms with E-state index in [2.05, 4.69) is 31.2 Å². The molecule has 0 aliphatic carbocycles. The fraction of sp³-hybridized carbons (Fsp3) is 0.800. The quantitative estimate of drug-likeness (QED) is 0.707. The van der Waals surface area contributed by atoms with E-state index < -0.39 is 0 Å². The van der Waals surface area contributed by atoms with E-state index in [-0.39, 0.29) is 24.4 Å². The topological polar surface area (TPSA) is 73.0 Å². The van der Waals surface area contributed by atoms with Gasteiger partial charge in [0.15, 0.2) is 0 Å². The highest BCUT2D eigenvalue weighted by atomic mass is 16.2. The molecule has 2 aliphatic heterocycles. The lowest BCUT2D eigenvalue weighted by molar-refractivity contribution is -0.131. The van der Waals surface area contributed by atoms with Crippen LogP contribution < -0.4 is 5.32 Å². The van der Waals surface area contributed by atoms with Gasteiger partial charge in [-0.2, -0.15) is 0 Å². The molecule has 7 nitrogen and oxygen atoms in total. The van der Waals surface area contributed by atoms with E-state index in [4.69, 9.17) is 0 Å². The largest absolute Gasteiger partial charge is 0.341 e. The van der Waals surface area contributed by atoms with Gasteiger partial charge >= 0.3 is 6.03 Å². The molecule has 0 aromatic carbocycles.